The van der Waals surface area contributed by atoms with Gasteiger partial charge in [-0.25, -0.2) is 5.01 Å². The quantitative estimate of drug-likeness (QED) is 0.344. The Bertz CT molecular complexity index is 1290. The number of para-hydroxylation sites is 2. The second kappa shape index (κ2) is 10.1. The molecule has 0 spiro atoms. The van der Waals surface area contributed by atoms with E-state index < -0.39 is 11.8 Å². The molecule has 3 aromatic rings. The van der Waals surface area contributed by atoms with E-state index in [1.165, 1.54) is 11.1 Å². The molecule has 0 unspecified atom stereocenters. The third-order valence-electron chi connectivity index (χ3n) is 5.00. The van der Waals surface area contributed by atoms with Crippen LogP contribution in [0, 0.1) is 6.92 Å². The van der Waals surface area contributed by atoms with Gasteiger partial charge in [-0.2, -0.15) is 0 Å². The Morgan fingerprint density at radius 3 is 2.53 bits per heavy atom. The Hall–Kier alpha value is -3.62. The first-order valence-electron chi connectivity index (χ1n) is 10.2. The van der Waals surface area contributed by atoms with Crippen molar-refractivity contribution in [1.82, 2.24) is 5.43 Å². The lowest BCUT2D eigenvalue weighted by Crippen LogP contribution is -2.35. The average molecular weight is 541 g/mol. The first kappa shape index (κ1) is 23.5. The van der Waals surface area contributed by atoms with E-state index in [2.05, 4.69) is 26.7 Å². The fraction of sp³-hybridized carbons (Fsp3) is 0.0800. The number of carbonyl (C=O) groups is 3. The number of hydrogen-bond acceptors (Lipinski definition) is 4. The van der Waals surface area contributed by atoms with E-state index in [0.29, 0.717) is 21.4 Å². The number of carbonyl (C=O) groups excluding carboxylic acids is 3. The van der Waals surface area contributed by atoms with Crippen molar-refractivity contribution < 1.29 is 19.1 Å². The normalized spacial score (nSPS) is 14.3. The highest BCUT2D eigenvalue weighted by Gasteiger charge is 2.34. The second-order valence-electron chi connectivity index (χ2n) is 7.44. The minimum Gasteiger partial charge on any atom is -0.481 e. The number of benzene rings is 3. The van der Waals surface area contributed by atoms with E-state index in [0.717, 1.165) is 5.56 Å². The summed E-state index contributed by atoms with van der Waals surface area (Å²) in [6.07, 6.45) is 1.45. The van der Waals surface area contributed by atoms with Crippen LogP contribution in [-0.2, 0) is 14.4 Å². The Morgan fingerprint density at radius 1 is 1.12 bits per heavy atom. The number of nitrogens with zero attached hydrogens (tertiary/aromatic N) is 1. The molecular formula is C25H19BrClN3O4. The molecule has 9 heteroatoms. The van der Waals surface area contributed by atoms with Crippen molar-refractivity contribution in [1.29, 1.82) is 0 Å². The number of hydrazine groups is 1. The van der Waals surface area contributed by atoms with Crippen LogP contribution >= 0.6 is 27.5 Å². The van der Waals surface area contributed by atoms with Crippen LogP contribution in [0.25, 0.3) is 6.08 Å². The van der Waals surface area contributed by atoms with Crippen molar-refractivity contribution in [3.63, 3.8) is 0 Å². The maximum Gasteiger partial charge on any atom is 0.282 e. The summed E-state index contributed by atoms with van der Waals surface area (Å²) in [6.45, 7) is 1.64. The monoisotopic (exact) mass is 539 g/mol. The van der Waals surface area contributed by atoms with Crippen molar-refractivity contribution in [3.8, 4) is 5.75 Å². The molecule has 7 nitrogen and oxygen atoms in total. The van der Waals surface area contributed by atoms with Crippen molar-refractivity contribution in [2.45, 2.75) is 6.92 Å². The zero-order valence-electron chi connectivity index (χ0n) is 18.0. The Morgan fingerprint density at radius 2 is 1.82 bits per heavy atom. The van der Waals surface area contributed by atoms with Crippen LogP contribution in [0.1, 0.15) is 11.1 Å². The third-order valence-corrected chi connectivity index (χ3v) is 5.87. The molecular weight excluding hydrogens is 522 g/mol. The SMILES string of the molecule is Cc1ccccc1NC(=O)COc1c(Cl)cc(/C=C2/C(=O)NN(c3ccccc3)C2=O)cc1Br. The highest BCUT2D eigenvalue weighted by molar-refractivity contribution is 9.10. The first-order valence-corrected chi connectivity index (χ1v) is 11.4. The van der Waals surface area contributed by atoms with E-state index in [1.807, 2.05) is 31.2 Å². The molecule has 4 rings (SSSR count). The summed E-state index contributed by atoms with van der Waals surface area (Å²) in [5.74, 6) is -1.06. The molecule has 0 radical (unpaired) electrons. The largest absolute Gasteiger partial charge is 0.481 e. The predicted octanol–water partition coefficient (Wildman–Crippen LogP) is 4.89. The number of ether oxygens (including phenoxy) is 1. The molecule has 0 aliphatic carbocycles. The lowest BCUT2D eigenvalue weighted by molar-refractivity contribution is -0.118. The van der Waals surface area contributed by atoms with Gasteiger partial charge in [-0.3, -0.25) is 19.8 Å². The second-order valence-corrected chi connectivity index (χ2v) is 8.70. The minimum absolute atomic E-state index is 0.0295. The summed E-state index contributed by atoms with van der Waals surface area (Å²) in [6, 6.07) is 19.4. The fourth-order valence-electron chi connectivity index (χ4n) is 3.32. The zero-order chi connectivity index (χ0) is 24.2. The zero-order valence-corrected chi connectivity index (χ0v) is 20.3. The summed E-state index contributed by atoms with van der Waals surface area (Å²) < 4.78 is 6.09. The van der Waals surface area contributed by atoms with Gasteiger partial charge in [-0.1, -0.05) is 48.0 Å². The number of anilines is 2. The van der Waals surface area contributed by atoms with Gasteiger partial charge in [-0.15, -0.1) is 0 Å². The van der Waals surface area contributed by atoms with Gasteiger partial charge in [0.15, 0.2) is 12.4 Å². The standard InChI is InChI=1S/C25H19BrClN3O4/c1-15-7-5-6-10-21(15)28-22(31)14-34-23-19(26)12-16(13-20(23)27)11-18-24(32)29-30(25(18)33)17-8-3-2-4-9-17/h2-13H,14H2,1H3,(H,28,31)(H,29,32)/b18-11-. The average Bonchev–Trinajstić information content (AvgIpc) is 3.09. The topological polar surface area (TPSA) is 87.7 Å². The predicted molar refractivity (Wildman–Crippen MR) is 135 cm³/mol. The molecule has 0 atom stereocenters. The molecule has 34 heavy (non-hydrogen) atoms. The number of amides is 3. The van der Waals surface area contributed by atoms with Crippen LogP contribution in [0.5, 0.6) is 5.75 Å². The third kappa shape index (κ3) is 5.13. The van der Waals surface area contributed by atoms with Gasteiger partial charge < -0.3 is 10.1 Å². The Kier molecular flexibility index (Phi) is 7.00. The lowest BCUT2D eigenvalue weighted by Gasteiger charge is -2.14. The molecule has 3 amide bonds. The molecule has 0 bridgehead atoms. The lowest BCUT2D eigenvalue weighted by atomic mass is 10.1. The van der Waals surface area contributed by atoms with Crippen LogP contribution in [0.4, 0.5) is 11.4 Å². The summed E-state index contributed by atoms with van der Waals surface area (Å²) in [7, 11) is 0. The summed E-state index contributed by atoms with van der Waals surface area (Å²) in [5, 5.41) is 4.20. The number of halogens is 2. The molecule has 1 aliphatic rings. The van der Waals surface area contributed by atoms with Gasteiger partial charge in [0.1, 0.15) is 5.57 Å². The highest BCUT2D eigenvalue weighted by atomic mass is 79.9. The van der Waals surface area contributed by atoms with Crippen molar-refractivity contribution in [3.05, 3.63) is 92.9 Å². The molecule has 3 aromatic carbocycles. The maximum atomic E-state index is 12.8. The Labute approximate surface area is 209 Å². The smallest absolute Gasteiger partial charge is 0.282 e. The van der Waals surface area contributed by atoms with Gasteiger partial charge in [0.05, 0.1) is 15.2 Å². The van der Waals surface area contributed by atoms with Gasteiger partial charge in [0, 0.05) is 5.69 Å². The summed E-state index contributed by atoms with van der Waals surface area (Å²) in [4.78, 5) is 37.5. The van der Waals surface area contributed by atoms with Gasteiger partial charge in [-0.05, 0) is 70.4 Å². The van der Waals surface area contributed by atoms with Gasteiger partial charge in [0.25, 0.3) is 17.7 Å². The number of hydrogen-bond donors (Lipinski definition) is 2. The summed E-state index contributed by atoms with van der Waals surface area (Å²) >= 11 is 9.76. The number of aryl methyl sites for hydroxylation is 1. The van der Waals surface area contributed by atoms with E-state index in [4.69, 9.17) is 16.3 Å². The first-order chi connectivity index (χ1) is 16.3. The maximum absolute atomic E-state index is 12.8. The highest BCUT2D eigenvalue weighted by Crippen LogP contribution is 2.35. The van der Waals surface area contributed by atoms with Crippen LogP contribution in [0.15, 0.2) is 76.8 Å². The van der Waals surface area contributed by atoms with Crippen molar-refractivity contribution >= 4 is 62.7 Å². The molecule has 1 heterocycles. The minimum atomic E-state index is -0.519. The molecule has 172 valence electrons. The molecule has 0 aromatic heterocycles. The van der Waals surface area contributed by atoms with Crippen LogP contribution in [-0.4, -0.2) is 24.3 Å². The van der Waals surface area contributed by atoms with E-state index in [1.54, 1.807) is 42.5 Å². The van der Waals surface area contributed by atoms with Gasteiger partial charge in [0.2, 0.25) is 0 Å². The molecule has 0 saturated carbocycles. The van der Waals surface area contributed by atoms with Crippen molar-refractivity contribution in [2.24, 2.45) is 0 Å². The molecule has 1 aliphatic heterocycles. The number of rotatable bonds is 6. The van der Waals surface area contributed by atoms with Crippen LogP contribution in [0.2, 0.25) is 5.02 Å². The van der Waals surface area contributed by atoms with E-state index in [9.17, 15) is 14.4 Å². The molecule has 2 N–H and O–H groups in total. The fourth-order valence-corrected chi connectivity index (χ4v) is 4.31. The molecule has 1 fully saturated rings. The van der Waals surface area contributed by atoms with Gasteiger partial charge >= 0.3 is 0 Å². The summed E-state index contributed by atoms with van der Waals surface area (Å²) in [5.41, 5.74) is 5.22. The Balaban J connectivity index is 1.47. The van der Waals surface area contributed by atoms with Crippen LogP contribution in [0.3, 0.4) is 0 Å². The molecule has 1 saturated heterocycles. The van der Waals surface area contributed by atoms with Crippen LogP contribution < -0.4 is 20.5 Å². The number of nitrogens with one attached hydrogen (secondary N) is 2. The van der Waals surface area contributed by atoms with Crippen molar-refractivity contribution in [2.75, 3.05) is 16.9 Å². The van der Waals surface area contributed by atoms with E-state index in [-0.39, 0.29) is 28.9 Å². The van der Waals surface area contributed by atoms with E-state index >= 15 is 0 Å².